The molecule has 0 saturated carbocycles. The van der Waals surface area contributed by atoms with E-state index in [9.17, 15) is 0 Å². The molecular weight excluding hydrogens is 168 g/mol. The molecule has 0 fully saturated rings. The summed E-state index contributed by atoms with van der Waals surface area (Å²) in [5, 5.41) is 0. The first-order valence-corrected chi connectivity index (χ1v) is 5.56. The molecule has 72 valence electrons. The van der Waals surface area contributed by atoms with Crippen LogP contribution in [0.1, 0.15) is 52.4 Å². The van der Waals surface area contributed by atoms with Crippen molar-refractivity contribution in [3.63, 3.8) is 0 Å². The molecule has 0 aliphatic carbocycles. The van der Waals surface area contributed by atoms with Crippen molar-refractivity contribution in [1.82, 2.24) is 0 Å². The van der Waals surface area contributed by atoms with Gasteiger partial charge in [0, 0.05) is 5.88 Å². The van der Waals surface area contributed by atoms with Crippen molar-refractivity contribution in [1.29, 1.82) is 0 Å². The number of hydrogen-bond acceptors (Lipinski definition) is 0. The Kier molecular flexibility index (Phi) is 9.14. The zero-order chi connectivity index (χ0) is 9.23. The van der Waals surface area contributed by atoms with Crippen LogP contribution in [-0.4, -0.2) is 5.88 Å². The molecule has 0 saturated heterocycles. The number of allylic oxidation sites excluding steroid dienone is 2. The van der Waals surface area contributed by atoms with Crippen molar-refractivity contribution in [2.24, 2.45) is 0 Å². The zero-order valence-corrected chi connectivity index (χ0v) is 9.16. The summed E-state index contributed by atoms with van der Waals surface area (Å²) in [7, 11) is 0. The molecule has 12 heavy (non-hydrogen) atoms. The van der Waals surface area contributed by atoms with Crippen LogP contribution in [0.3, 0.4) is 0 Å². The largest absolute Gasteiger partial charge is 0.122 e. The summed E-state index contributed by atoms with van der Waals surface area (Å²) < 4.78 is 0. The smallest absolute Gasteiger partial charge is 0.0406 e. The Morgan fingerprint density at radius 2 is 1.83 bits per heavy atom. The first-order valence-electron chi connectivity index (χ1n) is 5.02. The van der Waals surface area contributed by atoms with Gasteiger partial charge in [-0.15, -0.1) is 11.6 Å². The Morgan fingerprint density at radius 1 is 1.17 bits per heavy atom. The van der Waals surface area contributed by atoms with Gasteiger partial charge in [-0.2, -0.15) is 0 Å². The van der Waals surface area contributed by atoms with Gasteiger partial charge in [0.25, 0.3) is 0 Å². The third-order valence-corrected chi connectivity index (χ3v) is 2.25. The highest BCUT2D eigenvalue weighted by molar-refractivity contribution is 6.18. The van der Waals surface area contributed by atoms with Crippen LogP contribution in [-0.2, 0) is 0 Å². The lowest BCUT2D eigenvalue weighted by Crippen LogP contribution is -1.81. The molecule has 0 aromatic rings. The summed E-state index contributed by atoms with van der Waals surface area (Å²) in [6.07, 6.45) is 10.2. The lowest BCUT2D eigenvalue weighted by Gasteiger charge is -2.00. The number of hydrogen-bond donors (Lipinski definition) is 0. The molecule has 0 rings (SSSR count). The quantitative estimate of drug-likeness (QED) is 0.313. The molecule has 0 amide bonds. The minimum atomic E-state index is 0.667. The van der Waals surface area contributed by atoms with E-state index in [1.54, 1.807) is 0 Å². The topological polar surface area (TPSA) is 0 Å². The Hall–Kier alpha value is 0.0300. The summed E-state index contributed by atoms with van der Waals surface area (Å²) in [5.41, 5.74) is 1.45. The number of alkyl halides is 1. The van der Waals surface area contributed by atoms with Gasteiger partial charge in [-0.1, -0.05) is 44.3 Å². The van der Waals surface area contributed by atoms with E-state index in [1.165, 1.54) is 44.1 Å². The lowest BCUT2D eigenvalue weighted by atomic mass is 10.1. The van der Waals surface area contributed by atoms with Gasteiger partial charge >= 0.3 is 0 Å². The van der Waals surface area contributed by atoms with Crippen LogP contribution < -0.4 is 0 Å². The maximum atomic E-state index is 5.58. The average molecular weight is 189 g/mol. The van der Waals surface area contributed by atoms with Gasteiger partial charge < -0.3 is 0 Å². The van der Waals surface area contributed by atoms with Crippen LogP contribution in [0, 0.1) is 0 Å². The number of unbranched alkanes of at least 4 members (excludes halogenated alkanes) is 4. The summed E-state index contributed by atoms with van der Waals surface area (Å²) >= 11 is 5.58. The molecule has 0 aliphatic heterocycles. The van der Waals surface area contributed by atoms with E-state index in [0.29, 0.717) is 5.88 Å². The SMILES string of the molecule is CCCCCCC/C(C)=C/CCl. The fourth-order valence-electron chi connectivity index (χ4n) is 1.24. The van der Waals surface area contributed by atoms with E-state index in [2.05, 4.69) is 19.9 Å². The molecular formula is C11H21Cl. The predicted octanol–water partition coefficient (Wildman–Crippen LogP) is 4.53. The molecule has 0 heterocycles. The van der Waals surface area contributed by atoms with Gasteiger partial charge in [-0.3, -0.25) is 0 Å². The molecule has 0 N–H and O–H groups in total. The normalized spacial score (nSPS) is 12.1. The summed E-state index contributed by atoms with van der Waals surface area (Å²) in [6.45, 7) is 4.42. The molecule has 0 aromatic heterocycles. The van der Waals surface area contributed by atoms with E-state index in [-0.39, 0.29) is 0 Å². The fraction of sp³-hybridized carbons (Fsp3) is 0.818. The van der Waals surface area contributed by atoms with Gasteiger partial charge in [-0.05, 0) is 19.8 Å². The van der Waals surface area contributed by atoms with Crippen LogP contribution in [0.5, 0.6) is 0 Å². The van der Waals surface area contributed by atoms with E-state index >= 15 is 0 Å². The first kappa shape index (κ1) is 12.0. The molecule has 0 atom stereocenters. The van der Waals surface area contributed by atoms with Crippen LogP contribution in [0.25, 0.3) is 0 Å². The second kappa shape index (κ2) is 9.12. The average Bonchev–Trinajstić information content (AvgIpc) is 2.05. The van der Waals surface area contributed by atoms with Crippen LogP contribution in [0.2, 0.25) is 0 Å². The molecule has 0 radical (unpaired) electrons. The van der Waals surface area contributed by atoms with Gasteiger partial charge in [0.2, 0.25) is 0 Å². The van der Waals surface area contributed by atoms with Crippen LogP contribution in [0.4, 0.5) is 0 Å². The van der Waals surface area contributed by atoms with Crippen LogP contribution >= 0.6 is 11.6 Å². The van der Waals surface area contributed by atoms with Crippen molar-refractivity contribution in [2.45, 2.75) is 52.4 Å². The summed E-state index contributed by atoms with van der Waals surface area (Å²) in [5.74, 6) is 0.667. The summed E-state index contributed by atoms with van der Waals surface area (Å²) in [6, 6.07) is 0. The molecule has 1 heteroatoms. The first-order chi connectivity index (χ1) is 5.81. The lowest BCUT2D eigenvalue weighted by molar-refractivity contribution is 0.630. The fourth-order valence-corrected chi connectivity index (χ4v) is 1.50. The standard InChI is InChI=1S/C11H21Cl/c1-3-4-5-6-7-8-11(2)9-10-12/h9H,3-8,10H2,1-2H3/b11-9+. The van der Waals surface area contributed by atoms with E-state index < -0.39 is 0 Å². The zero-order valence-electron chi connectivity index (χ0n) is 8.41. The third kappa shape index (κ3) is 8.13. The number of halogens is 1. The molecule has 0 aliphatic rings. The van der Waals surface area contributed by atoms with E-state index in [0.717, 1.165) is 0 Å². The van der Waals surface area contributed by atoms with Crippen molar-refractivity contribution in [3.05, 3.63) is 11.6 Å². The minimum Gasteiger partial charge on any atom is -0.122 e. The maximum absolute atomic E-state index is 5.58. The summed E-state index contributed by atoms with van der Waals surface area (Å²) in [4.78, 5) is 0. The second-order valence-electron chi connectivity index (χ2n) is 3.37. The molecule has 0 nitrogen and oxygen atoms in total. The molecule has 0 bridgehead atoms. The highest BCUT2D eigenvalue weighted by Gasteiger charge is 1.90. The second-order valence-corrected chi connectivity index (χ2v) is 3.68. The number of rotatable bonds is 7. The third-order valence-electron chi connectivity index (χ3n) is 2.10. The van der Waals surface area contributed by atoms with Gasteiger partial charge in [-0.25, -0.2) is 0 Å². The predicted molar refractivity (Wildman–Crippen MR) is 57.9 cm³/mol. The Labute approximate surface area is 82.0 Å². The van der Waals surface area contributed by atoms with Crippen LogP contribution in [0.15, 0.2) is 11.6 Å². The van der Waals surface area contributed by atoms with Gasteiger partial charge in [0.1, 0.15) is 0 Å². The molecule has 0 unspecified atom stereocenters. The van der Waals surface area contributed by atoms with Crippen molar-refractivity contribution < 1.29 is 0 Å². The maximum Gasteiger partial charge on any atom is 0.0406 e. The van der Waals surface area contributed by atoms with Gasteiger partial charge in [0.05, 0.1) is 0 Å². The highest BCUT2D eigenvalue weighted by atomic mass is 35.5. The Morgan fingerprint density at radius 3 is 2.42 bits per heavy atom. The van der Waals surface area contributed by atoms with Crippen molar-refractivity contribution >= 4 is 11.6 Å². The monoisotopic (exact) mass is 188 g/mol. The van der Waals surface area contributed by atoms with Crippen molar-refractivity contribution in [2.75, 3.05) is 5.88 Å². The van der Waals surface area contributed by atoms with E-state index in [4.69, 9.17) is 11.6 Å². The Bertz CT molecular complexity index is 116. The van der Waals surface area contributed by atoms with Gasteiger partial charge in [0.15, 0.2) is 0 Å². The molecule has 0 aromatic carbocycles. The molecule has 0 spiro atoms. The Balaban J connectivity index is 3.14. The highest BCUT2D eigenvalue weighted by Crippen LogP contribution is 2.10. The minimum absolute atomic E-state index is 0.667. The van der Waals surface area contributed by atoms with E-state index in [1.807, 2.05) is 0 Å². The van der Waals surface area contributed by atoms with Crippen molar-refractivity contribution in [3.8, 4) is 0 Å².